The number of halogens is 3. The van der Waals surface area contributed by atoms with Crippen LogP contribution >= 0.6 is 0 Å². The first kappa shape index (κ1) is 27.1. The number of hydrogen-bond donors (Lipinski definition) is 3. The summed E-state index contributed by atoms with van der Waals surface area (Å²) in [6, 6.07) is 11.6. The van der Waals surface area contributed by atoms with E-state index in [1.165, 1.54) is 24.3 Å². The van der Waals surface area contributed by atoms with Crippen LogP contribution in [0.25, 0.3) is 11.3 Å². The Kier molecular flexibility index (Phi) is 8.31. The Balaban J connectivity index is 1.94. The van der Waals surface area contributed by atoms with Crippen LogP contribution in [0.3, 0.4) is 0 Å². The number of hydrogen-bond acceptors (Lipinski definition) is 7. The highest BCUT2D eigenvalue weighted by Crippen LogP contribution is 2.38. The van der Waals surface area contributed by atoms with Gasteiger partial charge in [-0.1, -0.05) is 37.3 Å². The van der Waals surface area contributed by atoms with Crippen LogP contribution in [0.4, 0.5) is 24.8 Å². The van der Waals surface area contributed by atoms with E-state index in [2.05, 4.69) is 20.0 Å². The minimum absolute atomic E-state index is 0.103. The second kappa shape index (κ2) is 11.0. The third-order valence-electron chi connectivity index (χ3n) is 5.41. The molecule has 2 aromatic heterocycles. The summed E-state index contributed by atoms with van der Waals surface area (Å²) in [5.74, 6) is -0.176. The Hall–Kier alpha value is -3.51. The second-order valence-electron chi connectivity index (χ2n) is 8.00. The molecule has 0 radical (unpaired) electrons. The number of nitrogens with one attached hydrogen (secondary N) is 2. The molecule has 0 spiro atoms. The zero-order valence-electron chi connectivity index (χ0n) is 19.5. The molecule has 0 saturated heterocycles. The SMILES string of the molecule is CC[C@H](Nc1cccc(S(=O)(=O)Nc2ccc(C(F)(F)F)c(-c3ccccc3C)n2)n1)[C@H](O)CC=O. The largest absolute Gasteiger partial charge is 0.418 e. The molecule has 12 heteroatoms. The zero-order valence-corrected chi connectivity index (χ0v) is 20.3. The van der Waals surface area contributed by atoms with E-state index in [9.17, 15) is 31.5 Å². The van der Waals surface area contributed by atoms with Gasteiger partial charge in [0.05, 0.1) is 23.4 Å². The predicted octanol–water partition coefficient (Wildman–Crippen LogP) is 4.41. The number of benzene rings is 1. The van der Waals surface area contributed by atoms with Crippen LogP contribution in [0.5, 0.6) is 0 Å². The lowest BCUT2D eigenvalue weighted by Crippen LogP contribution is -2.33. The highest BCUT2D eigenvalue weighted by atomic mass is 32.2. The van der Waals surface area contributed by atoms with Crippen molar-refractivity contribution in [3.63, 3.8) is 0 Å². The molecule has 8 nitrogen and oxygen atoms in total. The normalized spacial score (nSPS) is 13.6. The smallest absolute Gasteiger partial charge is 0.391 e. The van der Waals surface area contributed by atoms with Gasteiger partial charge < -0.3 is 15.2 Å². The molecule has 192 valence electrons. The lowest BCUT2D eigenvalue weighted by molar-refractivity contribution is -0.137. The molecule has 0 aliphatic rings. The molecular weight excluding hydrogens is 497 g/mol. The van der Waals surface area contributed by atoms with Gasteiger partial charge in [-0.05, 0) is 43.2 Å². The second-order valence-corrected chi connectivity index (χ2v) is 9.63. The van der Waals surface area contributed by atoms with Gasteiger partial charge in [-0.25, -0.2) is 9.97 Å². The van der Waals surface area contributed by atoms with Crippen LogP contribution in [0.2, 0.25) is 0 Å². The number of anilines is 2. The third-order valence-corrected chi connectivity index (χ3v) is 6.67. The summed E-state index contributed by atoms with van der Waals surface area (Å²) in [5.41, 5.74) is -0.643. The Morgan fingerprint density at radius 3 is 2.39 bits per heavy atom. The first-order valence-corrected chi connectivity index (χ1v) is 12.5. The highest BCUT2D eigenvalue weighted by Gasteiger charge is 2.35. The number of aromatic nitrogens is 2. The first-order valence-electron chi connectivity index (χ1n) is 11.0. The molecule has 0 aliphatic heterocycles. The van der Waals surface area contributed by atoms with Crippen molar-refractivity contribution in [2.24, 2.45) is 0 Å². The van der Waals surface area contributed by atoms with E-state index < -0.39 is 44.6 Å². The summed E-state index contributed by atoms with van der Waals surface area (Å²) < 4.78 is 69.1. The molecule has 0 fully saturated rings. The van der Waals surface area contributed by atoms with Crippen molar-refractivity contribution in [2.75, 3.05) is 10.0 Å². The molecule has 0 amide bonds. The third kappa shape index (κ3) is 6.38. The fourth-order valence-corrected chi connectivity index (χ4v) is 4.52. The average molecular weight is 523 g/mol. The molecule has 3 N–H and O–H groups in total. The van der Waals surface area contributed by atoms with Crippen molar-refractivity contribution in [3.05, 3.63) is 65.7 Å². The van der Waals surface area contributed by atoms with Crippen molar-refractivity contribution in [1.82, 2.24) is 9.97 Å². The van der Waals surface area contributed by atoms with Gasteiger partial charge in [0, 0.05) is 12.0 Å². The maximum atomic E-state index is 13.7. The van der Waals surface area contributed by atoms with E-state index in [0.717, 1.165) is 12.1 Å². The molecule has 2 heterocycles. The Bertz CT molecular complexity index is 1330. The number of aldehydes is 1. The van der Waals surface area contributed by atoms with Crippen molar-refractivity contribution in [2.45, 2.75) is 50.0 Å². The lowest BCUT2D eigenvalue weighted by Gasteiger charge is -2.22. The van der Waals surface area contributed by atoms with Crippen molar-refractivity contribution >= 4 is 27.9 Å². The van der Waals surface area contributed by atoms with Crippen LogP contribution < -0.4 is 10.0 Å². The van der Waals surface area contributed by atoms with E-state index in [1.54, 1.807) is 32.0 Å². The summed E-state index contributed by atoms with van der Waals surface area (Å²) in [5, 5.41) is 12.6. The van der Waals surface area contributed by atoms with Crippen molar-refractivity contribution < 1.29 is 31.5 Å². The fourth-order valence-electron chi connectivity index (χ4n) is 3.55. The van der Waals surface area contributed by atoms with Gasteiger partial charge in [-0.2, -0.15) is 21.6 Å². The van der Waals surface area contributed by atoms with Crippen LogP contribution in [0.15, 0.2) is 59.6 Å². The lowest BCUT2D eigenvalue weighted by atomic mass is 10.0. The van der Waals surface area contributed by atoms with Gasteiger partial charge in [0.25, 0.3) is 10.0 Å². The summed E-state index contributed by atoms with van der Waals surface area (Å²) >= 11 is 0. The molecule has 0 unspecified atom stereocenters. The van der Waals surface area contributed by atoms with Crippen LogP contribution in [0, 0.1) is 6.92 Å². The molecule has 2 atom stereocenters. The number of sulfonamides is 1. The van der Waals surface area contributed by atoms with Gasteiger partial charge in [-0.3, -0.25) is 4.72 Å². The van der Waals surface area contributed by atoms with E-state index in [1.807, 2.05) is 0 Å². The topological polar surface area (TPSA) is 121 Å². The number of alkyl halides is 3. The number of carbonyl (C=O) groups is 1. The predicted molar refractivity (Wildman–Crippen MR) is 129 cm³/mol. The van der Waals surface area contributed by atoms with Crippen LogP contribution in [-0.2, 0) is 21.0 Å². The molecule has 1 aromatic carbocycles. The maximum Gasteiger partial charge on any atom is 0.418 e. The van der Waals surface area contributed by atoms with Crippen LogP contribution in [0.1, 0.15) is 30.9 Å². The quantitative estimate of drug-likeness (QED) is 0.337. The number of carbonyl (C=O) groups excluding carboxylic acids is 1. The molecule has 3 rings (SSSR count). The summed E-state index contributed by atoms with van der Waals surface area (Å²) in [4.78, 5) is 18.7. The van der Waals surface area contributed by atoms with E-state index in [0.29, 0.717) is 18.3 Å². The minimum Gasteiger partial charge on any atom is -0.391 e. The van der Waals surface area contributed by atoms with E-state index in [4.69, 9.17) is 0 Å². The van der Waals surface area contributed by atoms with E-state index in [-0.39, 0.29) is 23.6 Å². The average Bonchev–Trinajstić information content (AvgIpc) is 2.82. The number of aliphatic hydroxyl groups excluding tert-OH is 1. The maximum absolute atomic E-state index is 13.7. The Labute approximate surface area is 206 Å². The molecule has 0 bridgehead atoms. The van der Waals surface area contributed by atoms with Gasteiger partial charge >= 0.3 is 6.18 Å². The highest BCUT2D eigenvalue weighted by molar-refractivity contribution is 7.92. The van der Waals surface area contributed by atoms with Gasteiger partial charge in [0.1, 0.15) is 17.9 Å². The Morgan fingerprint density at radius 1 is 1.03 bits per heavy atom. The molecule has 0 saturated carbocycles. The van der Waals surface area contributed by atoms with Gasteiger partial charge in [0.2, 0.25) is 0 Å². The standard InChI is InChI=1S/C24H25F3N4O4S/c1-3-18(19(33)13-14-32)28-20-9-6-10-22(29-20)36(34,35)31-21-12-11-17(24(25,26)27)23(30-21)16-8-5-4-7-15(16)2/h4-12,14,18-19,33H,3,13H2,1-2H3,(H,28,29)(H,30,31)/t18-,19+/m0/s1. The fraction of sp³-hybridized carbons (Fsp3) is 0.292. The van der Waals surface area contributed by atoms with Gasteiger partial charge in [0.15, 0.2) is 5.03 Å². The summed E-state index contributed by atoms with van der Waals surface area (Å²) in [7, 11) is -4.33. The van der Waals surface area contributed by atoms with E-state index >= 15 is 0 Å². The van der Waals surface area contributed by atoms with Crippen LogP contribution in [-0.4, -0.2) is 41.9 Å². The molecular formula is C24H25F3N4O4S. The monoisotopic (exact) mass is 522 g/mol. The molecule has 3 aromatic rings. The van der Waals surface area contributed by atoms with Crippen molar-refractivity contribution in [1.29, 1.82) is 0 Å². The minimum atomic E-state index is -4.70. The number of aryl methyl sites for hydroxylation is 1. The number of aliphatic hydroxyl groups is 1. The Morgan fingerprint density at radius 2 is 1.75 bits per heavy atom. The number of rotatable bonds is 10. The number of pyridine rings is 2. The summed E-state index contributed by atoms with van der Waals surface area (Å²) in [6.07, 6.45) is -4.79. The van der Waals surface area contributed by atoms with Crippen molar-refractivity contribution in [3.8, 4) is 11.3 Å². The van der Waals surface area contributed by atoms with Gasteiger partial charge in [-0.15, -0.1) is 0 Å². The summed E-state index contributed by atoms with van der Waals surface area (Å²) in [6.45, 7) is 3.40. The first-order chi connectivity index (χ1) is 17.0. The molecule has 0 aliphatic carbocycles. The number of nitrogens with zero attached hydrogens (tertiary/aromatic N) is 2. The molecule has 36 heavy (non-hydrogen) atoms. The zero-order chi connectivity index (χ0) is 26.5.